The van der Waals surface area contributed by atoms with Gasteiger partial charge in [0, 0.05) is 5.92 Å². The second-order valence-corrected chi connectivity index (χ2v) is 21.1. The van der Waals surface area contributed by atoms with Crippen molar-refractivity contribution in [3.63, 3.8) is 0 Å². The van der Waals surface area contributed by atoms with Gasteiger partial charge in [-0.2, -0.15) is 0 Å². The lowest BCUT2D eigenvalue weighted by molar-refractivity contribution is -0.339. The fourth-order valence-electron chi connectivity index (χ4n) is 14.9. The average Bonchev–Trinajstić information content (AvgIpc) is 3.47. The van der Waals surface area contributed by atoms with Gasteiger partial charge < -0.3 is 69.6 Å². The fraction of sp³-hybridized carbons (Fsp3) is 1.00. The van der Waals surface area contributed by atoms with Gasteiger partial charge in [-0.1, -0.05) is 27.7 Å². The van der Waals surface area contributed by atoms with Crippen molar-refractivity contribution in [1.29, 1.82) is 0 Å². The topological polar surface area (TPSA) is 228 Å². The monoisotopic (exact) mass is 784 g/mol. The minimum atomic E-state index is -1.60. The van der Waals surface area contributed by atoms with E-state index in [4.69, 9.17) is 23.7 Å². The Morgan fingerprint density at radius 2 is 1.40 bits per heavy atom. The maximum absolute atomic E-state index is 12.2. The zero-order valence-electron chi connectivity index (χ0n) is 33.6. The minimum absolute atomic E-state index is 0.0633. The molecule has 3 aliphatic heterocycles. The van der Waals surface area contributed by atoms with E-state index in [0.717, 1.165) is 32.1 Å². The van der Waals surface area contributed by atoms with Crippen molar-refractivity contribution in [2.45, 2.75) is 197 Å². The smallest absolute Gasteiger partial charge is 0.186 e. The summed E-state index contributed by atoms with van der Waals surface area (Å²) in [6.45, 7) is 13.8. The highest BCUT2D eigenvalue weighted by Crippen LogP contribution is 2.89. The van der Waals surface area contributed by atoms with Crippen LogP contribution in [0.15, 0.2) is 0 Å². The molecule has 9 N–H and O–H groups in total. The molecule has 14 unspecified atom stereocenters. The lowest BCUT2D eigenvalue weighted by Gasteiger charge is -2.65. The molecule has 0 aromatic heterocycles. The Morgan fingerprint density at radius 3 is 2.05 bits per heavy atom. The average molecular weight is 785 g/mol. The Hall–Kier alpha value is -0.560. The largest absolute Gasteiger partial charge is 0.394 e. The summed E-state index contributed by atoms with van der Waals surface area (Å²) in [6, 6.07) is 0. The summed E-state index contributed by atoms with van der Waals surface area (Å²) in [5.74, 6) is -0.215. The van der Waals surface area contributed by atoms with E-state index in [9.17, 15) is 46.0 Å². The van der Waals surface area contributed by atoms with Crippen molar-refractivity contribution in [3.8, 4) is 0 Å². The summed E-state index contributed by atoms with van der Waals surface area (Å²) in [5, 5.41) is 97.2. The zero-order valence-corrected chi connectivity index (χ0v) is 33.6. The summed E-state index contributed by atoms with van der Waals surface area (Å²) < 4.78 is 31.9. The molecule has 8 rings (SSSR count). The van der Waals surface area contributed by atoms with Gasteiger partial charge in [-0.3, -0.25) is 0 Å². The third-order valence-corrected chi connectivity index (χ3v) is 17.6. The van der Waals surface area contributed by atoms with Crippen molar-refractivity contribution >= 4 is 0 Å². The third kappa shape index (κ3) is 5.70. The maximum Gasteiger partial charge on any atom is 0.186 e. The van der Waals surface area contributed by atoms with Gasteiger partial charge in [-0.05, 0) is 117 Å². The van der Waals surface area contributed by atoms with Crippen molar-refractivity contribution in [3.05, 3.63) is 0 Å². The summed E-state index contributed by atoms with van der Waals surface area (Å²) in [7, 11) is 0. The first-order valence-corrected chi connectivity index (χ1v) is 20.9. The van der Waals surface area contributed by atoms with E-state index in [1.165, 1.54) is 0 Å². The zero-order chi connectivity index (χ0) is 40.1. The van der Waals surface area contributed by atoms with E-state index in [0.29, 0.717) is 25.7 Å². The normalized spacial score (nSPS) is 58.7. The first kappa shape index (κ1) is 41.2. The SMILES string of the molecule is CC(C)(O)[C@@H]1CCC(C)([C@H]2[C@@H](O)CC3(C)C4CC(OC5OC(CO)C(O)C(O)C5O)C5C(C)(C)[C@@H](OC6OCC(O)C(O)C6O)CC[C@@]56C[C@@]46CC[C@]23C)O1. The van der Waals surface area contributed by atoms with E-state index in [2.05, 4.69) is 34.6 Å². The molecular formula is C41H68O14. The number of fused-ring (bicyclic) bond motifs is 2. The van der Waals surface area contributed by atoms with Crippen LogP contribution in [0.1, 0.15) is 106 Å². The maximum atomic E-state index is 12.2. The van der Waals surface area contributed by atoms with Gasteiger partial charge in [-0.15, -0.1) is 0 Å². The van der Waals surface area contributed by atoms with Crippen molar-refractivity contribution < 1.29 is 69.6 Å². The van der Waals surface area contributed by atoms with Crippen molar-refractivity contribution in [1.82, 2.24) is 0 Å². The second-order valence-electron chi connectivity index (χ2n) is 21.1. The molecular weight excluding hydrogens is 716 g/mol. The quantitative estimate of drug-likeness (QED) is 0.162. The van der Waals surface area contributed by atoms with Gasteiger partial charge in [0.15, 0.2) is 12.6 Å². The first-order chi connectivity index (χ1) is 25.5. The Kier molecular flexibility index (Phi) is 9.90. The lowest BCUT2D eigenvalue weighted by Crippen LogP contribution is -2.65. The number of aliphatic hydroxyl groups is 9. The van der Waals surface area contributed by atoms with E-state index >= 15 is 0 Å². The summed E-state index contributed by atoms with van der Waals surface area (Å²) in [4.78, 5) is 0. The first-order valence-electron chi connectivity index (χ1n) is 20.9. The van der Waals surface area contributed by atoms with Crippen LogP contribution >= 0.6 is 0 Å². The van der Waals surface area contributed by atoms with Crippen molar-refractivity contribution in [2.75, 3.05) is 13.2 Å². The van der Waals surface area contributed by atoms with Gasteiger partial charge in [0.05, 0.1) is 48.8 Å². The molecule has 0 aromatic carbocycles. The molecule has 2 spiro atoms. The number of ether oxygens (including phenoxy) is 5. The highest BCUT2D eigenvalue weighted by molar-refractivity contribution is 5.33. The van der Waals surface area contributed by atoms with Crippen LogP contribution in [0.3, 0.4) is 0 Å². The van der Waals surface area contributed by atoms with Crippen LogP contribution in [-0.2, 0) is 23.7 Å². The predicted molar refractivity (Wildman–Crippen MR) is 194 cm³/mol. The molecule has 8 aliphatic rings. The lowest BCUT2D eigenvalue weighted by atomic mass is 9.41. The van der Waals surface area contributed by atoms with Gasteiger partial charge in [0.1, 0.15) is 42.7 Å². The van der Waals surface area contributed by atoms with Gasteiger partial charge in [0.25, 0.3) is 0 Å². The second kappa shape index (κ2) is 13.2. The molecule has 0 amide bonds. The van der Waals surface area contributed by atoms with Gasteiger partial charge >= 0.3 is 0 Å². The van der Waals surface area contributed by atoms with Crippen LogP contribution < -0.4 is 0 Å². The Labute approximate surface area is 324 Å². The molecule has 0 aromatic rings. The molecule has 316 valence electrons. The molecule has 21 atom stereocenters. The van der Waals surface area contributed by atoms with Gasteiger partial charge in [0.2, 0.25) is 0 Å². The van der Waals surface area contributed by atoms with Crippen LogP contribution in [0.5, 0.6) is 0 Å². The van der Waals surface area contributed by atoms with E-state index in [1.54, 1.807) is 13.8 Å². The van der Waals surface area contributed by atoms with Crippen LogP contribution in [-0.4, -0.2) is 150 Å². The molecule has 14 nitrogen and oxygen atoms in total. The molecule has 5 saturated carbocycles. The Morgan fingerprint density at radius 1 is 0.709 bits per heavy atom. The molecule has 0 bridgehead atoms. The number of rotatable bonds is 7. The standard InChI is InChI=1S/C41H68O14/c1-35(2)24(54-33-29(48)26(45)20(44)17-51-33)9-11-41-18-40(41)13-12-37(5)31(39(7)10-8-25(55-39)36(3,4)50)19(43)15-38(37,6)23(40)14-21(32(35)41)52-34-30(49)28(47)27(46)22(16-42)53-34/h19-34,42-50H,8-18H2,1-7H3/t19-,20?,21?,22?,23?,24-,25-,26?,27?,28?,29?,30?,31-,32?,33?,34?,37+,38?,39?,40-,41+/m0/s1. The molecule has 3 heterocycles. The van der Waals surface area contributed by atoms with Gasteiger partial charge in [-0.25, -0.2) is 0 Å². The number of hydrogen-bond donors (Lipinski definition) is 9. The van der Waals surface area contributed by atoms with E-state index < -0.39 is 96.8 Å². The Bertz CT molecular complexity index is 1460. The minimum Gasteiger partial charge on any atom is -0.394 e. The fourth-order valence-corrected chi connectivity index (χ4v) is 14.9. The molecule has 5 aliphatic carbocycles. The summed E-state index contributed by atoms with van der Waals surface area (Å²) >= 11 is 0. The molecule has 3 saturated heterocycles. The van der Waals surface area contributed by atoms with E-state index in [-0.39, 0.29) is 52.1 Å². The number of hydrogen-bond acceptors (Lipinski definition) is 14. The summed E-state index contributed by atoms with van der Waals surface area (Å²) in [6.07, 6.45) is -7.48. The third-order valence-electron chi connectivity index (χ3n) is 17.6. The molecule has 55 heavy (non-hydrogen) atoms. The Balaban J connectivity index is 1.15. The molecule has 8 fully saturated rings. The van der Waals surface area contributed by atoms with Crippen LogP contribution in [0, 0.1) is 44.8 Å². The summed E-state index contributed by atoms with van der Waals surface area (Å²) in [5.41, 5.74) is -3.16. The highest BCUT2D eigenvalue weighted by atomic mass is 16.7. The van der Waals surface area contributed by atoms with E-state index in [1.807, 2.05) is 0 Å². The molecule has 14 heteroatoms. The van der Waals surface area contributed by atoms with Crippen molar-refractivity contribution in [2.24, 2.45) is 44.8 Å². The highest BCUT2D eigenvalue weighted by Gasteiger charge is 2.85. The number of aliphatic hydroxyl groups excluding tert-OH is 8. The predicted octanol–water partition coefficient (Wildman–Crippen LogP) is 0.724. The van der Waals surface area contributed by atoms with Crippen LogP contribution in [0.4, 0.5) is 0 Å². The molecule has 0 radical (unpaired) electrons. The van der Waals surface area contributed by atoms with Crippen LogP contribution in [0.25, 0.3) is 0 Å². The van der Waals surface area contributed by atoms with Crippen LogP contribution in [0.2, 0.25) is 0 Å².